The van der Waals surface area contributed by atoms with Gasteiger partial charge in [0.05, 0.1) is 6.42 Å². The fraction of sp³-hybridized carbons (Fsp3) is 0.550. The van der Waals surface area contributed by atoms with Crippen LogP contribution in [-0.2, 0) is 30.5 Å². The van der Waals surface area contributed by atoms with Crippen molar-refractivity contribution in [3.8, 4) is 0 Å². The number of esters is 2. The lowest BCUT2D eigenvalue weighted by atomic mass is 9.93. The van der Waals surface area contributed by atoms with Gasteiger partial charge in [0.25, 0.3) is 0 Å². The van der Waals surface area contributed by atoms with E-state index in [2.05, 4.69) is 0 Å². The molecule has 1 aromatic carbocycles. The molecular formula is C20H27NO5. The van der Waals surface area contributed by atoms with Crippen molar-refractivity contribution < 1.29 is 23.9 Å². The molecule has 1 amide bonds. The van der Waals surface area contributed by atoms with Gasteiger partial charge in [-0.15, -0.1) is 0 Å². The van der Waals surface area contributed by atoms with E-state index in [1.165, 1.54) is 4.90 Å². The highest BCUT2D eigenvalue weighted by atomic mass is 16.6. The molecule has 0 unspecified atom stereocenters. The highest BCUT2D eigenvalue weighted by molar-refractivity contribution is 5.87. The van der Waals surface area contributed by atoms with Crippen molar-refractivity contribution in [2.75, 3.05) is 13.1 Å². The minimum Gasteiger partial charge on any atom is -0.460 e. The van der Waals surface area contributed by atoms with Crippen LogP contribution in [0.1, 0.15) is 45.6 Å². The summed E-state index contributed by atoms with van der Waals surface area (Å²) in [4.78, 5) is 38.0. The number of nitrogens with zero attached hydrogens (tertiary/aromatic N) is 1. The van der Waals surface area contributed by atoms with E-state index in [-0.39, 0.29) is 31.4 Å². The van der Waals surface area contributed by atoms with E-state index in [0.717, 1.165) is 12.0 Å². The monoisotopic (exact) mass is 361 g/mol. The predicted molar refractivity (Wildman–Crippen MR) is 96.0 cm³/mol. The van der Waals surface area contributed by atoms with E-state index >= 15 is 0 Å². The zero-order valence-electron chi connectivity index (χ0n) is 15.7. The van der Waals surface area contributed by atoms with Crippen LogP contribution in [0.15, 0.2) is 30.3 Å². The molecule has 1 atom stereocenters. The first-order valence-electron chi connectivity index (χ1n) is 8.95. The Hall–Kier alpha value is -2.37. The largest absolute Gasteiger partial charge is 0.460 e. The van der Waals surface area contributed by atoms with Crippen LogP contribution < -0.4 is 0 Å². The number of carbonyl (C=O) groups excluding carboxylic acids is 3. The van der Waals surface area contributed by atoms with Crippen LogP contribution in [0.5, 0.6) is 0 Å². The molecule has 0 aliphatic carbocycles. The lowest BCUT2D eigenvalue weighted by Crippen LogP contribution is -2.45. The fourth-order valence-corrected chi connectivity index (χ4v) is 2.89. The quantitative estimate of drug-likeness (QED) is 0.729. The SMILES string of the molecule is CC(C)(C)OC(=O)C[C@H]1CCCN(CC(=O)OCc2ccccc2)C1=O. The molecule has 1 aromatic rings. The lowest BCUT2D eigenvalue weighted by Gasteiger charge is -2.31. The molecule has 1 aliphatic heterocycles. The summed E-state index contributed by atoms with van der Waals surface area (Å²) in [7, 11) is 0. The maximum absolute atomic E-state index is 12.5. The Morgan fingerprint density at radius 2 is 1.85 bits per heavy atom. The number of likely N-dealkylation sites (tertiary alicyclic amines) is 1. The Morgan fingerprint density at radius 3 is 2.50 bits per heavy atom. The number of hydrogen-bond acceptors (Lipinski definition) is 5. The summed E-state index contributed by atoms with van der Waals surface area (Å²) in [6.45, 7) is 5.98. The zero-order valence-corrected chi connectivity index (χ0v) is 15.7. The molecule has 0 bridgehead atoms. The summed E-state index contributed by atoms with van der Waals surface area (Å²) in [5.41, 5.74) is 0.323. The Morgan fingerprint density at radius 1 is 1.15 bits per heavy atom. The minimum absolute atomic E-state index is 0.0473. The van der Waals surface area contributed by atoms with Crippen LogP contribution in [0, 0.1) is 5.92 Å². The van der Waals surface area contributed by atoms with Crippen molar-refractivity contribution >= 4 is 17.8 Å². The Balaban J connectivity index is 1.82. The van der Waals surface area contributed by atoms with Gasteiger partial charge in [-0.25, -0.2) is 0 Å². The predicted octanol–water partition coefficient (Wildman–Crippen LogP) is 2.70. The fourth-order valence-electron chi connectivity index (χ4n) is 2.89. The summed E-state index contributed by atoms with van der Waals surface area (Å²) in [5.74, 6) is -1.44. The van der Waals surface area contributed by atoms with Crippen molar-refractivity contribution in [1.82, 2.24) is 4.90 Å². The van der Waals surface area contributed by atoms with Gasteiger partial charge in [-0.05, 0) is 39.2 Å². The number of rotatable bonds is 6. The molecule has 0 spiro atoms. The van der Waals surface area contributed by atoms with Crippen molar-refractivity contribution in [1.29, 1.82) is 0 Å². The number of benzene rings is 1. The van der Waals surface area contributed by atoms with Gasteiger partial charge in [-0.3, -0.25) is 14.4 Å². The Labute approximate surface area is 154 Å². The first-order chi connectivity index (χ1) is 12.2. The van der Waals surface area contributed by atoms with Gasteiger partial charge in [0.1, 0.15) is 18.8 Å². The van der Waals surface area contributed by atoms with E-state index in [4.69, 9.17) is 9.47 Å². The smallest absolute Gasteiger partial charge is 0.325 e. The molecule has 142 valence electrons. The molecule has 1 aliphatic rings. The van der Waals surface area contributed by atoms with E-state index in [1.807, 2.05) is 30.3 Å². The second kappa shape index (κ2) is 8.83. The standard InChI is InChI=1S/C20H27NO5/c1-20(2,3)26-17(22)12-16-10-7-11-21(19(16)24)13-18(23)25-14-15-8-5-4-6-9-15/h4-6,8-9,16H,7,10-14H2,1-3H3/t16-/m1/s1. The van der Waals surface area contributed by atoms with Gasteiger partial charge in [0.2, 0.25) is 5.91 Å². The lowest BCUT2D eigenvalue weighted by molar-refractivity contribution is -0.160. The third-order valence-corrected chi connectivity index (χ3v) is 4.04. The number of ether oxygens (including phenoxy) is 2. The second-order valence-corrected chi connectivity index (χ2v) is 7.54. The molecule has 1 saturated heterocycles. The summed E-state index contributed by atoms with van der Waals surface area (Å²) in [5, 5.41) is 0. The Kier molecular flexibility index (Phi) is 6.77. The molecular weight excluding hydrogens is 334 g/mol. The van der Waals surface area contributed by atoms with Crippen LogP contribution in [0.4, 0.5) is 0 Å². The van der Waals surface area contributed by atoms with Crippen molar-refractivity contribution in [2.24, 2.45) is 5.92 Å². The van der Waals surface area contributed by atoms with Gasteiger partial charge < -0.3 is 14.4 Å². The van der Waals surface area contributed by atoms with E-state index in [0.29, 0.717) is 13.0 Å². The zero-order chi connectivity index (χ0) is 19.2. The van der Waals surface area contributed by atoms with E-state index < -0.39 is 17.5 Å². The van der Waals surface area contributed by atoms with Crippen molar-refractivity contribution in [3.63, 3.8) is 0 Å². The first kappa shape index (κ1) is 19.9. The number of hydrogen-bond donors (Lipinski definition) is 0. The van der Waals surface area contributed by atoms with Gasteiger partial charge >= 0.3 is 11.9 Å². The Bertz CT molecular complexity index is 635. The summed E-state index contributed by atoms with van der Waals surface area (Å²) in [6, 6.07) is 9.38. The van der Waals surface area contributed by atoms with Crippen molar-refractivity contribution in [2.45, 2.75) is 52.2 Å². The van der Waals surface area contributed by atoms with E-state index in [9.17, 15) is 14.4 Å². The maximum Gasteiger partial charge on any atom is 0.325 e. The third kappa shape index (κ3) is 6.50. The second-order valence-electron chi connectivity index (χ2n) is 7.54. The van der Waals surface area contributed by atoms with Gasteiger partial charge in [0.15, 0.2) is 0 Å². The van der Waals surface area contributed by atoms with E-state index in [1.54, 1.807) is 20.8 Å². The van der Waals surface area contributed by atoms with Crippen LogP contribution >= 0.6 is 0 Å². The average molecular weight is 361 g/mol. The summed E-state index contributed by atoms with van der Waals surface area (Å²) < 4.78 is 10.5. The molecule has 6 nitrogen and oxygen atoms in total. The molecule has 0 radical (unpaired) electrons. The highest BCUT2D eigenvalue weighted by Crippen LogP contribution is 2.23. The van der Waals surface area contributed by atoms with Crippen LogP contribution in [0.2, 0.25) is 0 Å². The molecule has 0 aromatic heterocycles. The van der Waals surface area contributed by atoms with Gasteiger partial charge in [-0.2, -0.15) is 0 Å². The molecule has 2 rings (SSSR count). The first-order valence-corrected chi connectivity index (χ1v) is 8.95. The molecule has 0 N–H and O–H groups in total. The minimum atomic E-state index is -0.574. The normalized spacial score (nSPS) is 17.7. The summed E-state index contributed by atoms with van der Waals surface area (Å²) in [6.07, 6.45) is 1.43. The molecule has 1 heterocycles. The van der Waals surface area contributed by atoms with Crippen LogP contribution in [0.3, 0.4) is 0 Å². The average Bonchev–Trinajstić information content (AvgIpc) is 2.56. The number of carbonyl (C=O) groups is 3. The molecule has 0 saturated carbocycles. The van der Waals surface area contributed by atoms with Gasteiger partial charge in [-0.1, -0.05) is 30.3 Å². The topological polar surface area (TPSA) is 72.9 Å². The van der Waals surface area contributed by atoms with Crippen molar-refractivity contribution in [3.05, 3.63) is 35.9 Å². The summed E-state index contributed by atoms with van der Waals surface area (Å²) >= 11 is 0. The van der Waals surface area contributed by atoms with Crippen LogP contribution in [0.25, 0.3) is 0 Å². The molecule has 1 fully saturated rings. The molecule has 26 heavy (non-hydrogen) atoms. The number of piperidine rings is 1. The van der Waals surface area contributed by atoms with Crippen LogP contribution in [-0.4, -0.2) is 41.4 Å². The third-order valence-electron chi connectivity index (χ3n) is 4.04. The highest BCUT2D eigenvalue weighted by Gasteiger charge is 2.33. The maximum atomic E-state index is 12.5. The molecule has 6 heteroatoms. The van der Waals surface area contributed by atoms with Gasteiger partial charge in [0, 0.05) is 12.5 Å². The number of amides is 1.